The van der Waals surface area contributed by atoms with Gasteiger partial charge in [0, 0.05) is 11.1 Å². The summed E-state index contributed by atoms with van der Waals surface area (Å²) in [6, 6.07) is 12.7. The first-order valence-electron chi connectivity index (χ1n) is 6.41. The number of rotatable bonds is 2. The van der Waals surface area contributed by atoms with Crippen LogP contribution in [-0.2, 0) is 0 Å². The number of hydrogen-bond donors (Lipinski definition) is 3. The van der Waals surface area contributed by atoms with Gasteiger partial charge in [-0.2, -0.15) is 0 Å². The molecular formula is C16H11NO5. The van der Waals surface area contributed by atoms with Crippen LogP contribution in [0.3, 0.4) is 0 Å². The second-order valence-electron chi connectivity index (χ2n) is 4.62. The highest BCUT2D eigenvalue weighted by Gasteiger charge is 2.16. The molecule has 0 aliphatic carbocycles. The largest absolute Gasteiger partial charge is 0.504 e. The zero-order valence-electron chi connectivity index (χ0n) is 11.2. The number of amides is 1. The predicted octanol–water partition coefficient (Wildman–Crippen LogP) is 2.46. The van der Waals surface area contributed by atoms with Crippen LogP contribution < -0.4 is 10.9 Å². The van der Waals surface area contributed by atoms with Crippen molar-refractivity contribution in [1.29, 1.82) is 0 Å². The fourth-order valence-electron chi connectivity index (χ4n) is 2.04. The Morgan fingerprint density at radius 2 is 1.77 bits per heavy atom. The van der Waals surface area contributed by atoms with Crippen LogP contribution in [0.15, 0.2) is 57.7 Å². The summed E-state index contributed by atoms with van der Waals surface area (Å²) in [5.41, 5.74) is -0.718. The number of phenols is 2. The Bertz CT molecular complexity index is 915. The van der Waals surface area contributed by atoms with E-state index < -0.39 is 23.0 Å². The first kappa shape index (κ1) is 13.7. The Morgan fingerprint density at radius 1 is 1.05 bits per heavy atom. The van der Waals surface area contributed by atoms with Crippen LogP contribution >= 0.6 is 0 Å². The van der Waals surface area contributed by atoms with E-state index >= 15 is 0 Å². The molecule has 0 unspecified atom stereocenters. The average Bonchev–Trinajstić information content (AvgIpc) is 2.52. The molecule has 22 heavy (non-hydrogen) atoms. The van der Waals surface area contributed by atoms with Crippen LogP contribution in [0.25, 0.3) is 11.0 Å². The third kappa shape index (κ3) is 2.37. The molecular weight excluding hydrogens is 286 g/mol. The summed E-state index contributed by atoms with van der Waals surface area (Å²) < 4.78 is 4.94. The third-order valence-electron chi connectivity index (χ3n) is 3.13. The lowest BCUT2D eigenvalue weighted by atomic mass is 10.1. The first-order valence-corrected chi connectivity index (χ1v) is 6.41. The van der Waals surface area contributed by atoms with Gasteiger partial charge in [0.2, 0.25) is 5.75 Å². The van der Waals surface area contributed by atoms with Gasteiger partial charge in [-0.15, -0.1) is 0 Å². The van der Waals surface area contributed by atoms with Crippen molar-refractivity contribution in [3.05, 3.63) is 64.5 Å². The fraction of sp³-hybridized carbons (Fsp3) is 0. The summed E-state index contributed by atoms with van der Waals surface area (Å²) in [7, 11) is 0. The van der Waals surface area contributed by atoms with Crippen molar-refractivity contribution in [3.8, 4) is 11.5 Å². The molecule has 0 saturated carbocycles. The summed E-state index contributed by atoms with van der Waals surface area (Å²) in [6.45, 7) is 0. The number of phenolic OH excluding ortho intramolecular Hbond substituents is 2. The van der Waals surface area contributed by atoms with Gasteiger partial charge in [0.1, 0.15) is 5.56 Å². The van der Waals surface area contributed by atoms with Crippen molar-refractivity contribution < 1.29 is 19.4 Å². The second kappa shape index (κ2) is 5.25. The summed E-state index contributed by atoms with van der Waals surface area (Å²) in [5.74, 6) is -1.56. The van der Waals surface area contributed by atoms with Crippen LogP contribution in [0, 0.1) is 0 Å². The topological polar surface area (TPSA) is 99.8 Å². The van der Waals surface area contributed by atoms with Gasteiger partial charge in [-0.1, -0.05) is 18.2 Å². The van der Waals surface area contributed by atoms with Gasteiger partial charge in [-0.25, -0.2) is 4.79 Å². The highest BCUT2D eigenvalue weighted by molar-refractivity contribution is 6.05. The summed E-state index contributed by atoms with van der Waals surface area (Å²) in [5, 5.41) is 22.0. The number of aromatic hydroxyl groups is 2. The van der Waals surface area contributed by atoms with Crippen molar-refractivity contribution in [2.45, 2.75) is 0 Å². The van der Waals surface area contributed by atoms with Crippen LogP contribution in [-0.4, -0.2) is 16.1 Å². The molecule has 3 aromatic rings. The lowest BCUT2D eigenvalue weighted by molar-refractivity contribution is 0.102. The maximum atomic E-state index is 12.1. The van der Waals surface area contributed by atoms with Crippen molar-refractivity contribution in [2.75, 3.05) is 5.32 Å². The molecule has 3 rings (SSSR count). The van der Waals surface area contributed by atoms with Gasteiger partial charge in [0.15, 0.2) is 11.3 Å². The van der Waals surface area contributed by atoms with Crippen LogP contribution in [0.2, 0.25) is 0 Å². The number of fused-ring (bicyclic) bond motifs is 1. The number of carbonyl (C=O) groups is 1. The number of carbonyl (C=O) groups excluding carboxylic acids is 1. The third-order valence-corrected chi connectivity index (χ3v) is 3.13. The summed E-state index contributed by atoms with van der Waals surface area (Å²) in [6.07, 6.45) is 0. The Labute approximate surface area is 124 Å². The van der Waals surface area contributed by atoms with E-state index in [0.29, 0.717) is 11.1 Å². The molecule has 0 bridgehead atoms. The van der Waals surface area contributed by atoms with Crippen LogP contribution in [0.1, 0.15) is 10.4 Å². The van der Waals surface area contributed by atoms with Gasteiger partial charge in [0.05, 0.1) is 0 Å². The quantitative estimate of drug-likeness (QED) is 0.498. The molecule has 0 saturated heterocycles. The molecule has 1 aromatic heterocycles. The number of hydrogen-bond acceptors (Lipinski definition) is 5. The van der Waals surface area contributed by atoms with Crippen LogP contribution in [0.4, 0.5) is 5.69 Å². The molecule has 0 aliphatic heterocycles. The van der Waals surface area contributed by atoms with Gasteiger partial charge in [-0.05, 0) is 30.3 Å². The number of benzene rings is 2. The standard InChI is InChI=1S/C16H11NO5/c18-12-7-6-9-8-11(16(21)22-14(9)13(12)19)15(20)17-10-4-2-1-3-5-10/h1-8,18-19H,(H,17,20). The van der Waals surface area contributed by atoms with E-state index in [1.807, 2.05) is 0 Å². The van der Waals surface area contributed by atoms with E-state index in [1.54, 1.807) is 30.3 Å². The minimum Gasteiger partial charge on any atom is -0.504 e. The van der Waals surface area contributed by atoms with Crippen molar-refractivity contribution in [2.24, 2.45) is 0 Å². The van der Waals surface area contributed by atoms with Crippen molar-refractivity contribution >= 4 is 22.6 Å². The molecule has 0 radical (unpaired) electrons. The molecule has 0 spiro atoms. The summed E-state index contributed by atoms with van der Waals surface area (Å²) in [4.78, 5) is 24.1. The summed E-state index contributed by atoms with van der Waals surface area (Å²) >= 11 is 0. The lowest BCUT2D eigenvalue weighted by Crippen LogP contribution is -2.20. The molecule has 0 atom stereocenters. The second-order valence-corrected chi connectivity index (χ2v) is 4.62. The highest BCUT2D eigenvalue weighted by atomic mass is 16.4. The Morgan fingerprint density at radius 3 is 2.50 bits per heavy atom. The van der Waals surface area contributed by atoms with E-state index in [2.05, 4.69) is 5.32 Å². The Kier molecular flexibility index (Phi) is 3.27. The van der Waals surface area contributed by atoms with E-state index in [1.165, 1.54) is 18.2 Å². The maximum absolute atomic E-state index is 12.1. The Hall–Kier alpha value is -3.28. The van der Waals surface area contributed by atoms with E-state index in [0.717, 1.165) is 0 Å². The van der Waals surface area contributed by atoms with Gasteiger partial charge >= 0.3 is 5.63 Å². The predicted molar refractivity (Wildman–Crippen MR) is 80.2 cm³/mol. The van der Waals surface area contributed by atoms with Crippen molar-refractivity contribution in [1.82, 2.24) is 0 Å². The molecule has 0 fully saturated rings. The number of nitrogens with one attached hydrogen (secondary N) is 1. The fourth-order valence-corrected chi connectivity index (χ4v) is 2.04. The normalized spacial score (nSPS) is 10.5. The molecule has 1 heterocycles. The highest BCUT2D eigenvalue weighted by Crippen LogP contribution is 2.32. The minimum absolute atomic E-state index is 0.165. The zero-order valence-corrected chi connectivity index (χ0v) is 11.2. The number of anilines is 1. The molecule has 0 aliphatic rings. The monoisotopic (exact) mass is 297 g/mol. The van der Waals surface area contributed by atoms with Gasteiger partial charge < -0.3 is 19.9 Å². The number of para-hydroxylation sites is 1. The molecule has 2 aromatic carbocycles. The first-order chi connectivity index (χ1) is 10.6. The van der Waals surface area contributed by atoms with Crippen molar-refractivity contribution in [3.63, 3.8) is 0 Å². The van der Waals surface area contributed by atoms with Crippen LogP contribution in [0.5, 0.6) is 11.5 Å². The molecule has 6 heteroatoms. The zero-order chi connectivity index (χ0) is 15.7. The van der Waals surface area contributed by atoms with E-state index in [9.17, 15) is 19.8 Å². The molecule has 3 N–H and O–H groups in total. The molecule has 6 nitrogen and oxygen atoms in total. The van der Waals surface area contributed by atoms with E-state index in [4.69, 9.17) is 4.42 Å². The Balaban J connectivity index is 2.04. The van der Waals surface area contributed by atoms with E-state index in [-0.39, 0.29) is 11.1 Å². The molecule has 1 amide bonds. The SMILES string of the molecule is O=C(Nc1ccccc1)c1cc2ccc(O)c(O)c2oc1=O. The molecule has 110 valence electrons. The smallest absolute Gasteiger partial charge is 0.349 e. The maximum Gasteiger partial charge on any atom is 0.349 e. The minimum atomic E-state index is -0.901. The lowest BCUT2D eigenvalue weighted by Gasteiger charge is -2.06. The van der Waals surface area contributed by atoms with Gasteiger partial charge in [0.25, 0.3) is 5.91 Å². The van der Waals surface area contributed by atoms with Gasteiger partial charge in [-0.3, -0.25) is 4.79 Å². The average molecular weight is 297 g/mol.